The molecule has 2 aliphatic heterocycles. The summed E-state index contributed by atoms with van der Waals surface area (Å²) in [7, 11) is 0. The van der Waals surface area contributed by atoms with Gasteiger partial charge < -0.3 is 20.1 Å². The smallest absolute Gasteiger partial charge is 0.317 e. The number of nitrogens with zero attached hydrogens (tertiary/aromatic N) is 1. The van der Waals surface area contributed by atoms with Gasteiger partial charge in [-0.3, -0.25) is 4.79 Å². The van der Waals surface area contributed by atoms with Gasteiger partial charge in [0.1, 0.15) is 0 Å². The molecule has 0 aromatic heterocycles. The first-order valence-electron chi connectivity index (χ1n) is 7.95. The molecule has 1 saturated carbocycles. The van der Waals surface area contributed by atoms with E-state index in [-0.39, 0.29) is 12.6 Å². The Bertz CT molecular complexity index is 408. The molecular formula is C15H24N2O4. The monoisotopic (exact) mass is 296 g/mol. The summed E-state index contributed by atoms with van der Waals surface area (Å²) in [5, 5.41) is 12.3. The van der Waals surface area contributed by atoms with Crippen molar-refractivity contribution in [2.45, 2.75) is 32.1 Å². The van der Waals surface area contributed by atoms with Crippen molar-refractivity contribution in [2.75, 3.05) is 32.8 Å². The van der Waals surface area contributed by atoms with Crippen molar-refractivity contribution in [3.8, 4) is 0 Å². The molecule has 2 unspecified atom stereocenters. The van der Waals surface area contributed by atoms with Gasteiger partial charge in [0.15, 0.2) is 0 Å². The van der Waals surface area contributed by atoms with Gasteiger partial charge in [-0.25, -0.2) is 4.79 Å². The normalized spacial score (nSPS) is 31.0. The van der Waals surface area contributed by atoms with Gasteiger partial charge >= 0.3 is 12.0 Å². The van der Waals surface area contributed by atoms with Crippen molar-refractivity contribution in [1.82, 2.24) is 10.2 Å². The van der Waals surface area contributed by atoms with Crippen LogP contribution in [0.2, 0.25) is 0 Å². The van der Waals surface area contributed by atoms with E-state index in [1.54, 1.807) is 0 Å². The Balaban J connectivity index is 1.54. The van der Waals surface area contributed by atoms with Crippen LogP contribution in [0, 0.1) is 17.3 Å². The van der Waals surface area contributed by atoms with Crippen molar-refractivity contribution < 1.29 is 19.4 Å². The zero-order valence-electron chi connectivity index (χ0n) is 12.3. The minimum absolute atomic E-state index is 0.100. The minimum atomic E-state index is -0.858. The van der Waals surface area contributed by atoms with E-state index in [1.165, 1.54) is 19.3 Å². The number of nitrogens with one attached hydrogen (secondary N) is 1. The number of likely N-dealkylation sites (tertiary alicyclic amines) is 1. The second kappa shape index (κ2) is 5.83. The van der Waals surface area contributed by atoms with E-state index in [9.17, 15) is 14.7 Å². The summed E-state index contributed by atoms with van der Waals surface area (Å²) < 4.78 is 5.25. The molecular weight excluding hydrogens is 272 g/mol. The molecule has 2 N–H and O–H groups in total. The van der Waals surface area contributed by atoms with E-state index in [4.69, 9.17) is 4.74 Å². The Labute approximate surface area is 124 Å². The Morgan fingerprint density at radius 1 is 1.19 bits per heavy atom. The molecule has 3 aliphatic rings. The van der Waals surface area contributed by atoms with E-state index in [0.29, 0.717) is 37.9 Å². The summed E-state index contributed by atoms with van der Waals surface area (Å²) >= 11 is 0. The average molecular weight is 296 g/mol. The number of aliphatic carboxylic acids is 1. The Hall–Kier alpha value is -1.30. The first-order chi connectivity index (χ1) is 10.1. The van der Waals surface area contributed by atoms with Crippen molar-refractivity contribution >= 4 is 12.0 Å². The molecule has 2 amide bonds. The highest BCUT2D eigenvalue weighted by Crippen LogP contribution is 2.37. The zero-order valence-corrected chi connectivity index (χ0v) is 12.3. The number of fused-ring (bicyclic) bond motifs is 1. The van der Waals surface area contributed by atoms with Crippen LogP contribution < -0.4 is 5.32 Å². The van der Waals surface area contributed by atoms with Crippen molar-refractivity contribution in [2.24, 2.45) is 17.3 Å². The number of amides is 2. The maximum absolute atomic E-state index is 12.3. The van der Waals surface area contributed by atoms with Crippen LogP contribution in [0.25, 0.3) is 0 Å². The first-order valence-corrected chi connectivity index (χ1v) is 7.95. The van der Waals surface area contributed by atoms with Crippen molar-refractivity contribution in [3.05, 3.63) is 0 Å². The molecule has 3 fully saturated rings. The Morgan fingerprint density at radius 3 is 2.38 bits per heavy atom. The van der Waals surface area contributed by atoms with Gasteiger partial charge in [0.05, 0.1) is 5.41 Å². The number of rotatable bonds is 3. The van der Waals surface area contributed by atoms with E-state index in [1.807, 2.05) is 4.90 Å². The summed E-state index contributed by atoms with van der Waals surface area (Å²) in [4.78, 5) is 25.7. The molecule has 6 nitrogen and oxygen atoms in total. The Morgan fingerprint density at radius 2 is 1.81 bits per heavy atom. The zero-order chi connectivity index (χ0) is 14.9. The van der Waals surface area contributed by atoms with E-state index < -0.39 is 11.4 Å². The third-order valence-electron chi connectivity index (χ3n) is 5.50. The molecule has 2 saturated heterocycles. The molecule has 2 heterocycles. The second-order valence-electron chi connectivity index (χ2n) is 6.71. The fourth-order valence-corrected chi connectivity index (χ4v) is 3.99. The number of ether oxygens (including phenoxy) is 1. The quantitative estimate of drug-likeness (QED) is 0.823. The van der Waals surface area contributed by atoms with Crippen molar-refractivity contribution in [3.63, 3.8) is 0 Å². The van der Waals surface area contributed by atoms with Crippen LogP contribution in [-0.4, -0.2) is 54.9 Å². The number of carboxylic acid groups (broad SMARTS) is 1. The van der Waals surface area contributed by atoms with Gasteiger partial charge in [-0.05, 0) is 37.5 Å². The van der Waals surface area contributed by atoms with Crippen LogP contribution >= 0.6 is 0 Å². The molecule has 0 aromatic rings. The van der Waals surface area contributed by atoms with E-state index in [2.05, 4.69) is 5.32 Å². The molecule has 0 aromatic carbocycles. The maximum Gasteiger partial charge on any atom is 0.317 e. The van der Waals surface area contributed by atoms with Crippen LogP contribution in [0.5, 0.6) is 0 Å². The number of hydrogen-bond acceptors (Lipinski definition) is 3. The molecule has 0 spiro atoms. The van der Waals surface area contributed by atoms with Gasteiger partial charge in [-0.15, -0.1) is 0 Å². The fourth-order valence-electron chi connectivity index (χ4n) is 3.99. The van der Waals surface area contributed by atoms with Crippen molar-refractivity contribution in [1.29, 1.82) is 0 Å². The van der Waals surface area contributed by atoms with Gasteiger partial charge in [0.2, 0.25) is 0 Å². The first kappa shape index (κ1) is 14.6. The lowest BCUT2D eigenvalue weighted by molar-refractivity contribution is -0.154. The predicted molar refractivity (Wildman–Crippen MR) is 75.9 cm³/mol. The number of urea groups is 1. The predicted octanol–water partition coefficient (Wildman–Crippen LogP) is 1.31. The average Bonchev–Trinajstić information content (AvgIpc) is 3.07. The molecule has 6 heteroatoms. The summed E-state index contributed by atoms with van der Waals surface area (Å²) in [5.74, 6) is 0.490. The topological polar surface area (TPSA) is 78.9 Å². The molecule has 2 atom stereocenters. The summed E-state index contributed by atoms with van der Waals surface area (Å²) in [5.41, 5.74) is -0.858. The minimum Gasteiger partial charge on any atom is -0.481 e. The summed E-state index contributed by atoms with van der Waals surface area (Å²) in [6.45, 7) is 2.78. The number of carboxylic acids is 1. The molecule has 0 radical (unpaired) electrons. The highest BCUT2D eigenvalue weighted by Gasteiger charge is 2.42. The molecule has 0 bridgehead atoms. The molecule has 21 heavy (non-hydrogen) atoms. The Kier molecular flexibility index (Phi) is 4.06. The fraction of sp³-hybridized carbons (Fsp3) is 0.867. The van der Waals surface area contributed by atoms with E-state index in [0.717, 1.165) is 13.1 Å². The number of carbonyl (C=O) groups is 2. The lowest BCUT2D eigenvalue weighted by atomic mass is 9.80. The maximum atomic E-state index is 12.3. The van der Waals surface area contributed by atoms with Gasteiger partial charge in [-0.1, -0.05) is 6.42 Å². The SMILES string of the molecule is O=C(NCC1(C(=O)O)CCOCC1)N1CC2CCCC2C1. The second-order valence-corrected chi connectivity index (χ2v) is 6.71. The van der Waals surface area contributed by atoms with Gasteiger partial charge in [0.25, 0.3) is 0 Å². The van der Waals surface area contributed by atoms with Crippen LogP contribution in [0.3, 0.4) is 0 Å². The van der Waals surface area contributed by atoms with Gasteiger partial charge in [-0.2, -0.15) is 0 Å². The number of carbonyl (C=O) groups excluding carboxylic acids is 1. The summed E-state index contributed by atoms with van der Waals surface area (Å²) in [6, 6.07) is -0.100. The molecule has 3 rings (SSSR count). The number of hydrogen-bond donors (Lipinski definition) is 2. The van der Waals surface area contributed by atoms with Crippen LogP contribution in [0.15, 0.2) is 0 Å². The highest BCUT2D eigenvalue weighted by atomic mass is 16.5. The van der Waals surface area contributed by atoms with Gasteiger partial charge in [0, 0.05) is 32.8 Å². The largest absolute Gasteiger partial charge is 0.481 e. The highest BCUT2D eigenvalue weighted by molar-refractivity contribution is 5.78. The lowest BCUT2D eigenvalue weighted by Crippen LogP contribution is -2.49. The van der Waals surface area contributed by atoms with Crippen LogP contribution in [0.1, 0.15) is 32.1 Å². The van der Waals surface area contributed by atoms with Crippen LogP contribution in [0.4, 0.5) is 4.79 Å². The lowest BCUT2D eigenvalue weighted by Gasteiger charge is -2.33. The molecule has 118 valence electrons. The standard InChI is InChI=1S/C15H24N2O4/c18-13(19)15(4-6-21-7-5-15)10-16-14(20)17-8-11-2-1-3-12(11)9-17/h11-12H,1-10H2,(H,16,20)(H,18,19). The van der Waals surface area contributed by atoms with E-state index >= 15 is 0 Å². The third kappa shape index (κ3) is 2.86. The summed E-state index contributed by atoms with van der Waals surface area (Å²) in [6.07, 6.45) is 4.67. The molecule has 1 aliphatic carbocycles. The van der Waals surface area contributed by atoms with Crippen LogP contribution in [-0.2, 0) is 9.53 Å². The third-order valence-corrected chi connectivity index (χ3v) is 5.50.